The molecular formula is C29H29ClN12O6. The summed E-state index contributed by atoms with van der Waals surface area (Å²) < 4.78 is 12.0. The van der Waals surface area contributed by atoms with Crippen LogP contribution < -0.4 is 0 Å². The summed E-state index contributed by atoms with van der Waals surface area (Å²) in [4.78, 5) is 55.4. The molecular weight excluding hydrogens is 648 g/mol. The molecule has 248 valence electrons. The Labute approximate surface area is 277 Å². The summed E-state index contributed by atoms with van der Waals surface area (Å²) in [6, 6.07) is 5.60. The van der Waals surface area contributed by atoms with Crippen LogP contribution in [-0.2, 0) is 9.47 Å². The summed E-state index contributed by atoms with van der Waals surface area (Å²) in [5, 5.41) is 23.6. The lowest BCUT2D eigenvalue weighted by molar-refractivity contribution is 0.0584. The summed E-state index contributed by atoms with van der Waals surface area (Å²) in [5.41, 5.74) is 3.10. The summed E-state index contributed by atoms with van der Waals surface area (Å²) >= 11 is 5.43. The smallest absolute Gasteiger partial charge is 0.358 e. The molecule has 48 heavy (non-hydrogen) atoms. The van der Waals surface area contributed by atoms with Crippen molar-refractivity contribution in [1.82, 2.24) is 59.7 Å². The molecule has 0 amide bonds. The summed E-state index contributed by atoms with van der Waals surface area (Å²) in [6.07, 6.45) is 13.2. The van der Waals surface area contributed by atoms with Gasteiger partial charge >= 0.3 is 17.9 Å². The molecule has 0 bridgehead atoms. The SMILES string of the molecule is COC(=O)c1cnc(-n2ccc(C)n2)cn1.COC(=O)c1cnc(Cl)cn1.Cc1ccn(-c2cnc(C(=O)O)cn2)n1.Cc1ccn[nH]1. The monoisotopic (exact) mass is 676 g/mol. The number of halogens is 1. The van der Waals surface area contributed by atoms with Gasteiger partial charge in [0.15, 0.2) is 28.7 Å². The van der Waals surface area contributed by atoms with Gasteiger partial charge in [-0.25, -0.2) is 53.7 Å². The maximum absolute atomic E-state index is 11.1. The van der Waals surface area contributed by atoms with Gasteiger partial charge in [-0.3, -0.25) is 5.10 Å². The normalized spacial score (nSPS) is 9.79. The first kappa shape index (κ1) is 36.0. The molecule has 6 rings (SSSR count). The third-order valence-electron chi connectivity index (χ3n) is 5.46. The summed E-state index contributed by atoms with van der Waals surface area (Å²) in [7, 11) is 2.58. The highest BCUT2D eigenvalue weighted by Crippen LogP contribution is 2.05. The van der Waals surface area contributed by atoms with E-state index in [0.717, 1.165) is 17.1 Å². The number of aryl methyl sites for hydroxylation is 3. The zero-order valence-electron chi connectivity index (χ0n) is 26.2. The molecule has 18 nitrogen and oxygen atoms in total. The maximum Gasteiger partial charge on any atom is 0.358 e. The third kappa shape index (κ3) is 11.2. The van der Waals surface area contributed by atoms with E-state index in [2.05, 4.69) is 59.8 Å². The summed E-state index contributed by atoms with van der Waals surface area (Å²) in [5.74, 6) is -1.07. The van der Waals surface area contributed by atoms with E-state index in [1.54, 1.807) is 23.3 Å². The van der Waals surface area contributed by atoms with Crippen LogP contribution in [0.5, 0.6) is 0 Å². The van der Waals surface area contributed by atoms with Crippen LogP contribution in [0, 0.1) is 20.8 Å². The van der Waals surface area contributed by atoms with E-state index in [-0.39, 0.29) is 22.2 Å². The van der Waals surface area contributed by atoms with Gasteiger partial charge in [-0.05, 0) is 39.0 Å². The lowest BCUT2D eigenvalue weighted by Crippen LogP contribution is -2.07. The molecule has 0 saturated carbocycles. The number of ether oxygens (including phenoxy) is 2. The largest absolute Gasteiger partial charge is 0.476 e. The molecule has 6 aromatic heterocycles. The van der Waals surface area contributed by atoms with E-state index in [0.29, 0.717) is 11.6 Å². The van der Waals surface area contributed by atoms with Crippen LogP contribution in [0.4, 0.5) is 0 Å². The van der Waals surface area contributed by atoms with Crippen LogP contribution in [0.2, 0.25) is 5.15 Å². The van der Waals surface area contributed by atoms with Crippen LogP contribution in [0.15, 0.2) is 74.0 Å². The van der Waals surface area contributed by atoms with Crippen molar-refractivity contribution >= 4 is 29.5 Å². The van der Waals surface area contributed by atoms with Crippen molar-refractivity contribution < 1.29 is 29.0 Å². The minimum atomic E-state index is -1.09. The number of aromatic amines is 1. The van der Waals surface area contributed by atoms with Gasteiger partial charge in [0.25, 0.3) is 0 Å². The minimum absolute atomic E-state index is 0.0809. The number of carbonyl (C=O) groups excluding carboxylic acids is 2. The Hall–Kier alpha value is -6.43. The molecule has 0 aromatic carbocycles. The van der Waals surface area contributed by atoms with Crippen LogP contribution in [0.25, 0.3) is 11.6 Å². The standard InChI is InChI=1S/C10H10N4O2.C9H8N4O2.C6H5ClN2O2.C4H6N2/c1-7-3-4-14(13-7)9-6-11-8(5-12-9)10(15)16-2;1-6-2-3-13(12-6)8-5-10-7(4-11-8)9(14)15;1-11-6(10)4-2-9-5(7)3-8-4;1-4-2-3-5-6-4/h3-6H,1-2H3;2-5H,1H3,(H,14,15);2-3H,1H3;2-3H,1H3,(H,5,6). The molecule has 19 heteroatoms. The zero-order valence-corrected chi connectivity index (χ0v) is 27.0. The van der Waals surface area contributed by atoms with E-state index in [1.165, 1.54) is 56.1 Å². The number of H-pyrrole nitrogens is 1. The van der Waals surface area contributed by atoms with Crippen LogP contribution >= 0.6 is 11.6 Å². The van der Waals surface area contributed by atoms with Crippen molar-refractivity contribution in [2.75, 3.05) is 14.2 Å². The molecule has 0 aliphatic heterocycles. The molecule has 0 spiro atoms. The fourth-order valence-electron chi connectivity index (χ4n) is 3.13. The second-order valence-corrected chi connectivity index (χ2v) is 9.46. The zero-order chi connectivity index (χ0) is 35.1. The van der Waals surface area contributed by atoms with Crippen molar-refractivity contribution in [2.45, 2.75) is 20.8 Å². The molecule has 2 N–H and O–H groups in total. The molecule has 6 aromatic rings. The number of esters is 2. The first-order valence-electron chi connectivity index (χ1n) is 13.5. The first-order valence-corrected chi connectivity index (χ1v) is 13.9. The van der Waals surface area contributed by atoms with E-state index in [9.17, 15) is 14.4 Å². The Morgan fingerprint density at radius 1 is 0.688 bits per heavy atom. The van der Waals surface area contributed by atoms with E-state index >= 15 is 0 Å². The fourth-order valence-corrected chi connectivity index (χ4v) is 3.23. The van der Waals surface area contributed by atoms with Crippen molar-refractivity contribution in [3.8, 4) is 11.6 Å². The molecule has 0 unspecified atom stereocenters. The van der Waals surface area contributed by atoms with Gasteiger partial charge < -0.3 is 14.6 Å². The van der Waals surface area contributed by atoms with E-state index < -0.39 is 17.9 Å². The number of methoxy groups -OCH3 is 2. The summed E-state index contributed by atoms with van der Waals surface area (Å²) in [6.45, 7) is 5.70. The number of hydrogen-bond acceptors (Lipinski definition) is 14. The number of carbonyl (C=O) groups is 3. The average molecular weight is 677 g/mol. The van der Waals surface area contributed by atoms with Crippen LogP contribution in [0.1, 0.15) is 48.5 Å². The quantitative estimate of drug-likeness (QED) is 0.250. The van der Waals surface area contributed by atoms with Gasteiger partial charge in [0.1, 0.15) is 5.15 Å². The molecule has 0 fully saturated rings. The van der Waals surface area contributed by atoms with Gasteiger partial charge in [-0.15, -0.1) is 0 Å². The van der Waals surface area contributed by atoms with Crippen molar-refractivity contribution in [2.24, 2.45) is 0 Å². The molecule has 0 radical (unpaired) electrons. The van der Waals surface area contributed by atoms with E-state index in [4.69, 9.17) is 16.7 Å². The Balaban J connectivity index is 0.000000182. The highest BCUT2D eigenvalue weighted by molar-refractivity contribution is 6.29. The lowest BCUT2D eigenvalue weighted by atomic mass is 10.4. The van der Waals surface area contributed by atoms with Crippen molar-refractivity contribution in [1.29, 1.82) is 0 Å². The third-order valence-corrected chi connectivity index (χ3v) is 5.65. The van der Waals surface area contributed by atoms with E-state index in [1.807, 2.05) is 39.0 Å². The molecule has 0 saturated heterocycles. The number of carboxylic acid groups (broad SMARTS) is 1. The highest BCUT2D eigenvalue weighted by Gasteiger charge is 2.09. The number of carboxylic acids is 1. The Morgan fingerprint density at radius 2 is 1.17 bits per heavy atom. The molecule has 0 aliphatic carbocycles. The van der Waals surface area contributed by atoms with Gasteiger partial charge in [0.2, 0.25) is 0 Å². The average Bonchev–Trinajstić information content (AvgIpc) is 3.88. The van der Waals surface area contributed by atoms with Gasteiger partial charge in [0.05, 0.1) is 62.8 Å². The minimum Gasteiger partial charge on any atom is -0.476 e. The van der Waals surface area contributed by atoms with Gasteiger partial charge in [0, 0.05) is 24.3 Å². The van der Waals surface area contributed by atoms with Crippen molar-refractivity contribution in [3.63, 3.8) is 0 Å². The number of aromatic carboxylic acids is 1. The predicted octanol–water partition coefficient (Wildman–Crippen LogP) is 3.06. The number of rotatable bonds is 5. The molecule has 0 aliphatic rings. The number of aromatic nitrogens is 12. The Kier molecular flexibility index (Phi) is 13.4. The van der Waals surface area contributed by atoms with Crippen LogP contribution in [0.3, 0.4) is 0 Å². The fraction of sp³-hybridized carbons (Fsp3) is 0.172. The Bertz CT molecular complexity index is 1890. The highest BCUT2D eigenvalue weighted by atomic mass is 35.5. The lowest BCUT2D eigenvalue weighted by Gasteiger charge is -2.00. The van der Waals surface area contributed by atoms with Gasteiger partial charge in [-0.1, -0.05) is 11.6 Å². The topological polar surface area (TPSA) is 232 Å². The molecule has 0 atom stereocenters. The molecule has 6 heterocycles. The number of nitrogens with one attached hydrogen (secondary N) is 1. The van der Waals surface area contributed by atoms with Gasteiger partial charge in [-0.2, -0.15) is 15.3 Å². The second kappa shape index (κ2) is 17.9. The van der Waals surface area contributed by atoms with Crippen LogP contribution in [-0.4, -0.2) is 96.9 Å². The Morgan fingerprint density at radius 3 is 1.46 bits per heavy atom. The first-order chi connectivity index (χ1) is 23.0. The number of hydrogen-bond donors (Lipinski definition) is 2. The second-order valence-electron chi connectivity index (χ2n) is 9.08. The number of nitrogens with zero attached hydrogens (tertiary/aromatic N) is 11. The predicted molar refractivity (Wildman–Crippen MR) is 168 cm³/mol. The maximum atomic E-state index is 11.1. The van der Waals surface area contributed by atoms with Crippen molar-refractivity contribution in [3.05, 3.63) is 113 Å².